The molecule has 1 aromatic carbocycles. The van der Waals surface area contributed by atoms with Crippen LogP contribution in [0.25, 0.3) is 0 Å². The number of hydrogen-bond donors (Lipinski definition) is 2. The summed E-state index contributed by atoms with van der Waals surface area (Å²) in [5.74, 6) is 0.570. The first-order valence-electron chi connectivity index (χ1n) is 6.69. The number of nitrogens with two attached hydrogens (primary N) is 1. The van der Waals surface area contributed by atoms with Crippen LogP contribution in [-0.4, -0.2) is 25.6 Å². The van der Waals surface area contributed by atoms with E-state index in [2.05, 4.69) is 10.3 Å². The molecule has 1 aliphatic rings. The van der Waals surface area contributed by atoms with Gasteiger partial charge in [0.25, 0.3) is 0 Å². The van der Waals surface area contributed by atoms with Gasteiger partial charge in [0.15, 0.2) is 5.96 Å². The second kappa shape index (κ2) is 6.30. The largest absolute Gasteiger partial charge is 0.497 e. The zero-order valence-corrected chi connectivity index (χ0v) is 12.3. The highest BCUT2D eigenvalue weighted by atomic mass is 16.5. The smallest absolute Gasteiger partial charge is 0.338 e. The molecule has 1 aliphatic heterocycles. The van der Waals surface area contributed by atoms with Crippen molar-refractivity contribution in [3.63, 3.8) is 0 Å². The molecule has 6 nitrogen and oxygen atoms in total. The first-order valence-corrected chi connectivity index (χ1v) is 6.69. The summed E-state index contributed by atoms with van der Waals surface area (Å²) >= 11 is 0. The Hall–Kier alpha value is -2.50. The van der Waals surface area contributed by atoms with Crippen molar-refractivity contribution in [3.8, 4) is 5.75 Å². The molecule has 0 aliphatic carbocycles. The molecule has 0 spiro atoms. The van der Waals surface area contributed by atoms with Crippen molar-refractivity contribution in [2.75, 3.05) is 13.7 Å². The molecule has 0 amide bonds. The molecule has 0 fully saturated rings. The van der Waals surface area contributed by atoms with E-state index in [0.717, 1.165) is 5.56 Å². The third kappa shape index (κ3) is 3.16. The summed E-state index contributed by atoms with van der Waals surface area (Å²) in [6, 6.07) is 6.89. The predicted molar refractivity (Wildman–Crippen MR) is 79.8 cm³/mol. The van der Waals surface area contributed by atoms with Gasteiger partial charge in [0, 0.05) is 5.70 Å². The maximum atomic E-state index is 12.2. The SMILES string of the molecule is CCOC(=O)C1=C(C)NC(N)=NC1c1cccc(OC)c1. The van der Waals surface area contributed by atoms with Crippen molar-refractivity contribution in [2.24, 2.45) is 10.7 Å². The van der Waals surface area contributed by atoms with Crippen molar-refractivity contribution in [1.29, 1.82) is 0 Å². The number of hydrogen-bond acceptors (Lipinski definition) is 6. The van der Waals surface area contributed by atoms with E-state index in [0.29, 0.717) is 23.6 Å². The maximum Gasteiger partial charge on any atom is 0.338 e. The van der Waals surface area contributed by atoms with Crippen LogP contribution in [-0.2, 0) is 9.53 Å². The molecule has 0 saturated carbocycles. The highest BCUT2D eigenvalue weighted by Crippen LogP contribution is 2.32. The molecule has 2 rings (SSSR count). The van der Waals surface area contributed by atoms with Crippen molar-refractivity contribution >= 4 is 11.9 Å². The van der Waals surface area contributed by atoms with Crippen LogP contribution in [0, 0.1) is 0 Å². The minimum Gasteiger partial charge on any atom is -0.497 e. The lowest BCUT2D eigenvalue weighted by Crippen LogP contribution is -2.37. The number of aliphatic imine (C=N–C) groups is 1. The van der Waals surface area contributed by atoms with Gasteiger partial charge in [0.05, 0.1) is 19.3 Å². The van der Waals surface area contributed by atoms with Crippen molar-refractivity contribution in [2.45, 2.75) is 19.9 Å². The summed E-state index contributed by atoms with van der Waals surface area (Å²) in [6.45, 7) is 3.85. The standard InChI is InChI=1S/C15H19N3O3/c1-4-21-14(19)12-9(2)17-15(16)18-13(12)10-6-5-7-11(8-10)20-3/h5-8,13H,4H2,1-3H3,(H3,16,17,18). The second-order valence-corrected chi connectivity index (χ2v) is 4.58. The molecule has 0 radical (unpaired) electrons. The molecule has 21 heavy (non-hydrogen) atoms. The van der Waals surface area contributed by atoms with Crippen LogP contribution in [0.1, 0.15) is 25.5 Å². The molecule has 0 aromatic heterocycles. The highest BCUT2D eigenvalue weighted by Gasteiger charge is 2.29. The summed E-state index contributed by atoms with van der Waals surface area (Å²) in [5.41, 5.74) is 7.71. The Labute approximate surface area is 123 Å². The molecule has 1 atom stereocenters. The first kappa shape index (κ1) is 14.9. The third-order valence-electron chi connectivity index (χ3n) is 3.17. The topological polar surface area (TPSA) is 85.9 Å². The van der Waals surface area contributed by atoms with Crippen LogP contribution >= 0.6 is 0 Å². The van der Waals surface area contributed by atoms with Crippen LogP contribution in [0.2, 0.25) is 0 Å². The number of nitrogens with one attached hydrogen (secondary N) is 1. The third-order valence-corrected chi connectivity index (χ3v) is 3.17. The van der Waals surface area contributed by atoms with Crippen LogP contribution in [0.4, 0.5) is 0 Å². The number of guanidine groups is 1. The lowest BCUT2D eigenvalue weighted by atomic mass is 9.96. The number of rotatable bonds is 4. The van der Waals surface area contributed by atoms with Crippen molar-refractivity contribution in [3.05, 3.63) is 41.1 Å². The number of methoxy groups -OCH3 is 1. The van der Waals surface area contributed by atoms with Gasteiger partial charge in [0.2, 0.25) is 0 Å². The number of nitrogens with zero attached hydrogens (tertiary/aromatic N) is 1. The zero-order chi connectivity index (χ0) is 15.4. The van der Waals surface area contributed by atoms with Gasteiger partial charge in [-0.05, 0) is 31.5 Å². The van der Waals surface area contributed by atoms with Crippen LogP contribution in [0.3, 0.4) is 0 Å². The minimum absolute atomic E-state index is 0.272. The van der Waals surface area contributed by atoms with E-state index in [1.54, 1.807) is 21.0 Å². The maximum absolute atomic E-state index is 12.2. The van der Waals surface area contributed by atoms with E-state index in [1.165, 1.54) is 0 Å². The number of carbonyl (C=O) groups excluding carboxylic acids is 1. The Bertz CT molecular complexity index is 608. The monoisotopic (exact) mass is 289 g/mol. The molecular formula is C15H19N3O3. The molecule has 1 heterocycles. The molecule has 0 bridgehead atoms. The molecular weight excluding hydrogens is 270 g/mol. The summed E-state index contributed by atoms with van der Waals surface area (Å²) in [7, 11) is 1.59. The number of benzene rings is 1. The molecule has 6 heteroatoms. The lowest BCUT2D eigenvalue weighted by Gasteiger charge is -2.24. The van der Waals surface area contributed by atoms with E-state index in [4.69, 9.17) is 15.2 Å². The van der Waals surface area contributed by atoms with Crippen LogP contribution in [0.15, 0.2) is 40.5 Å². The van der Waals surface area contributed by atoms with E-state index in [-0.39, 0.29) is 5.96 Å². The van der Waals surface area contributed by atoms with Gasteiger partial charge in [-0.1, -0.05) is 12.1 Å². The van der Waals surface area contributed by atoms with Gasteiger partial charge in [-0.15, -0.1) is 0 Å². The van der Waals surface area contributed by atoms with Crippen molar-refractivity contribution in [1.82, 2.24) is 5.32 Å². The van der Waals surface area contributed by atoms with Gasteiger partial charge < -0.3 is 20.5 Å². The van der Waals surface area contributed by atoms with E-state index >= 15 is 0 Å². The Balaban J connectivity index is 2.45. The Morgan fingerprint density at radius 2 is 2.24 bits per heavy atom. The van der Waals surface area contributed by atoms with Gasteiger partial charge in [0.1, 0.15) is 11.8 Å². The van der Waals surface area contributed by atoms with Gasteiger partial charge in [-0.25, -0.2) is 9.79 Å². The molecule has 1 aromatic rings. The highest BCUT2D eigenvalue weighted by molar-refractivity contribution is 5.94. The minimum atomic E-state index is -0.500. The normalized spacial score (nSPS) is 17.9. The fraction of sp³-hybridized carbons (Fsp3) is 0.333. The summed E-state index contributed by atoms with van der Waals surface area (Å²) in [5, 5.41) is 2.87. The predicted octanol–water partition coefficient (Wildman–Crippen LogP) is 1.49. The molecule has 3 N–H and O–H groups in total. The zero-order valence-electron chi connectivity index (χ0n) is 12.3. The fourth-order valence-corrected chi connectivity index (χ4v) is 2.23. The van der Waals surface area contributed by atoms with Gasteiger partial charge in [-0.2, -0.15) is 0 Å². The first-order chi connectivity index (χ1) is 10.1. The molecule has 1 unspecified atom stereocenters. The van der Waals surface area contributed by atoms with E-state index < -0.39 is 12.0 Å². The van der Waals surface area contributed by atoms with E-state index in [9.17, 15) is 4.79 Å². The summed E-state index contributed by atoms with van der Waals surface area (Å²) < 4.78 is 10.3. The Morgan fingerprint density at radius 1 is 1.48 bits per heavy atom. The molecule has 0 saturated heterocycles. The number of ether oxygens (including phenoxy) is 2. The summed E-state index contributed by atoms with van der Waals surface area (Å²) in [6.07, 6.45) is 0. The lowest BCUT2D eigenvalue weighted by molar-refractivity contribution is -0.138. The van der Waals surface area contributed by atoms with Gasteiger partial charge >= 0.3 is 5.97 Å². The van der Waals surface area contributed by atoms with Crippen molar-refractivity contribution < 1.29 is 14.3 Å². The average Bonchev–Trinajstić information content (AvgIpc) is 2.46. The van der Waals surface area contributed by atoms with Crippen LogP contribution < -0.4 is 15.8 Å². The quantitative estimate of drug-likeness (QED) is 0.820. The number of esters is 1. The van der Waals surface area contributed by atoms with Crippen LogP contribution in [0.5, 0.6) is 5.75 Å². The average molecular weight is 289 g/mol. The summed E-state index contributed by atoms with van der Waals surface area (Å²) in [4.78, 5) is 16.5. The molecule has 112 valence electrons. The second-order valence-electron chi connectivity index (χ2n) is 4.58. The number of allylic oxidation sites excluding steroid dienone is 1. The Kier molecular flexibility index (Phi) is 4.47. The fourth-order valence-electron chi connectivity index (χ4n) is 2.23. The van der Waals surface area contributed by atoms with Gasteiger partial charge in [-0.3, -0.25) is 0 Å². The Morgan fingerprint density at radius 3 is 2.90 bits per heavy atom. The van der Waals surface area contributed by atoms with E-state index in [1.807, 2.05) is 24.3 Å². The number of carbonyl (C=O) groups is 1.